The average molecular weight is 246 g/mol. The fourth-order valence-electron chi connectivity index (χ4n) is 1.65. The van der Waals surface area contributed by atoms with Crippen LogP contribution in [0.15, 0.2) is 47.1 Å². The van der Waals surface area contributed by atoms with Gasteiger partial charge in [-0.25, -0.2) is 4.39 Å². The van der Waals surface area contributed by atoms with Gasteiger partial charge < -0.3 is 4.42 Å². The van der Waals surface area contributed by atoms with E-state index in [4.69, 9.17) is 4.42 Å². The summed E-state index contributed by atoms with van der Waals surface area (Å²) in [6.07, 6.45) is 1.46. The van der Waals surface area contributed by atoms with E-state index in [1.807, 2.05) is 0 Å². The van der Waals surface area contributed by atoms with Gasteiger partial charge in [0.1, 0.15) is 5.82 Å². The third-order valence-corrected chi connectivity index (χ3v) is 3.55. The molecule has 0 bridgehead atoms. The van der Waals surface area contributed by atoms with Crippen LogP contribution >= 0.6 is 11.3 Å². The van der Waals surface area contributed by atoms with E-state index in [0.29, 0.717) is 10.6 Å². The Bertz CT molecular complexity index is 683. The number of ketones is 1. The van der Waals surface area contributed by atoms with Crippen molar-refractivity contribution in [3.05, 3.63) is 59.1 Å². The maximum atomic E-state index is 13.0. The van der Waals surface area contributed by atoms with Crippen molar-refractivity contribution in [2.24, 2.45) is 0 Å². The van der Waals surface area contributed by atoms with E-state index in [1.165, 1.54) is 29.7 Å². The lowest BCUT2D eigenvalue weighted by Gasteiger charge is -1.89. The second-order valence-corrected chi connectivity index (χ2v) is 4.68. The number of hydrogen-bond donors (Lipinski definition) is 0. The number of fused-ring (bicyclic) bond motifs is 1. The van der Waals surface area contributed by atoms with Crippen molar-refractivity contribution in [3.63, 3.8) is 0 Å². The SMILES string of the molecule is O=C(c1ccco1)c1cc2ccc(F)cc2s1. The quantitative estimate of drug-likeness (QED) is 0.642. The molecule has 0 unspecified atom stereocenters. The lowest BCUT2D eigenvalue weighted by molar-refractivity contribution is 0.101. The summed E-state index contributed by atoms with van der Waals surface area (Å²) >= 11 is 1.27. The number of hydrogen-bond acceptors (Lipinski definition) is 3. The van der Waals surface area contributed by atoms with E-state index in [-0.39, 0.29) is 11.6 Å². The Morgan fingerprint density at radius 3 is 2.88 bits per heavy atom. The number of benzene rings is 1. The van der Waals surface area contributed by atoms with Crippen LogP contribution < -0.4 is 0 Å². The molecule has 2 heterocycles. The zero-order chi connectivity index (χ0) is 11.8. The van der Waals surface area contributed by atoms with Gasteiger partial charge in [0.25, 0.3) is 0 Å². The highest BCUT2D eigenvalue weighted by Crippen LogP contribution is 2.28. The Kier molecular flexibility index (Phi) is 2.30. The number of carbonyl (C=O) groups is 1. The zero-order valence-corrected chi connectivity index (χ0v) is 9.46. The highest BCUT2D eigenvalue weighted by atomic mass is 32.1. The van der Waals surface area contributed by atoms with Crippen LogP contribution in [0, 0.1) is 5.82 Å². The predicted molar refractivity (Wildman–Crippen MR) is 63.9 cm³/mol. The Labute approximate surface area is 100 Å². The summed E-state index contributed by atoms with van der Waals surface area (Å²) in [7, 11) is 0. The first kappa shape index (κ1) is 10.2. The minimum atomic E-state index is -0.295. The van der Waals surface area contributed by atoms with E-state index < -0.39 is 0 Å². The fourth-order valence-corrected chi connectivity index (χ4v) is 2.68. The molecule has 0 amide bonds. The van der Waals surface area contributed by atoms with Gasteiger partial charge in [-0.05, 0) is 35.7 Å². The molecule has 0 aliphatic heterocycles. The maximum absolute atomic E-state index is 13.0. The lowest BCUT2D eigenvalue weighted by Crippen LogP contribution is -1.95. The largest absolute Gasteiger partial charge is 0.461 e. The molecule has 2 aromatic heterocycles. The van der Waals surface area contributed by atoms with Crippen LogP contribution in [0.2, 0.25) is 0 Å². The second-order valence-electron chi connectivity index (χ2n) is 3.60. The minimum absolute atomic E-state index is 0.170. The minimum Gasteiger partial charge on any atom is -0.461 e. The molecule has 0 aliphatic rings. The van der Waals surface area contributed by atoms with Crippen LogP contribution in [0.25, 0.3) is 10.1 Å². The number of furan rings is 1. The van der Waals surface area contributed by atoms with E-state index in [2.05, 4.69) is 0 Å². The van der Waals surface area contributed by atoms with E-state index in [0.717, 1.165) is 10.1 Å². The number of halogens is 1. The van der Waals surface area contributed by atoms with Gasteiger partial charge in [-0.1, -0.05) is 6.07 Å². The summed E-state index contributed by atoms with van der Waals surface area (Å²) in [5, 5.41) is 0.867. The van der Waals surface area contributed by atoms with Gasteiger partial charge >= 0.3 is 0 Å². The molecule has 3 aromatic rings. The molecule has 1 aromatic carbocycles. The second kappa shape index (κ2) is 3.82. The van der Waals surface area contributed by atoms with Crippen molar-refractivity contribution in [2.75, 3.05) is 0 Å². The normalized spacial score (nSPS) is 10.9. The molecule has 0 spiro atoms. The first-order valence-electron chi connectivity index (χ1n) is 5.01. The highest BCUT2D eigenvalue weighted by Gasteiger charge is 2.15. The van der Waals surface area contributed by atoms with Crippen molar-refractivity contribution in [2.45, 2.75) is 0 Å². The average Bonchev–Trinajstić information content (AvgIpc) is 2.96. The molecule has 17 heavy (non-hydrogen) atoms. The number of carbonyl (C=O) groups excluding carboxylic acids is 1. The first-order chi connectivity index (χ1) is 8.24. The molecule has 0 saturated heterocycles. The summed E-state index contributed by atoms with van der Waals surface area (Å²) in [5.74, 6) is -0.162. The van der Waals surface area contributed by atoms with Crippen molar-refractivity contribution in [3.8, 4) is 0 Å². The first-order valence-corrected chi connectivity index (χ1v) is 5.83. The van der Waals surface area contributed by atoms with E-state index in [9.17, 15) is 9.18 Å². The number of thiophene rings is 1. The van der Waals surface area contributed by atoms with Crippen LogP contribution in [-0.2, 0) is 0 Å². The van der Waals surface area contributed by atoms with Crippen LogP contribution in [0.4, 0.5) is 4.39 Å². The molecule has 4 heteroatoms. The molecule has 0 N–H and O–H groups in total. The molecular weight excluding hydrogens is 239 g/mol. The van der Waals surface area contributed by atoms with E-state index >= 15 is 0 Å². The number of rotatable bonds is 2. The third-order valence-electron chi connectivity index (χ3n) is 2.45. The monoisotopic (exact) mass is 246 g/mol. The van der Waals surface area contributed by atoms with Crippen LogP contribution in [-0.4, -0.2) is 5.78 Å². The van der Waals surface area contributed by atoms with Crippen LogP contribution in [0.1, 0.15) is 15.4 Å². The zero-order valence-electron chi connectivity index (χ0n) is 8.64. The summed E-state index contributed by atoms with van der Waals surface area (Å²) in [6, 6.07) is 9.52. The van der Waals surface area contributed by atoms with Crippen molar-refractivity contribution < 1.29 is 13.6 Å². The van der Waals surface area contributed by atoms with Gasteiger partial charge in [0.15, 0.2) is 5.76 Å². The van der Waals surface area contributed by atoms with Gasteiger partial charge in [-0.2, -0.15) is 0 Å². The van der Waals surface area contributed by atoms with Crippen molar-refractivity contribution in [1.29, 1.82) is 0 Å². The standard InChI is InChI=1S/C13H7FO2S/c14-9-4-3-8-6-12(17-11(8)7-9)13(15)10-2-1-5-16-10/h1-7H. The van der Waals surface area contributed by atoms with Gasteiger partial charge in [0.2, 0.25) is 5.78 Å². The Hall–Kier alpha value is -1.94. The van der Waals surface area contributed by atoms with Crippen molar-refractivity contribution >= 4 is 27.2 Å². The summed E-state index contributed by atoms with van der Waals surface area (Å²) in [5.41, 5.74) is 0. The van der Waals surface area contributed by atoms with Gasteiger partial charge in [-0.3, -0.25) is 4.79 Å². The summed E-state index contributed by atoms with van der Waals surface area (Å²) in [4.78, 5) is 12.5. The molecule has 84 valence electrons. The Balaban J connectivity index is 2.09. The molecular formula is C13H7FO2S. The van der Waals surface area contributed by atoms with Gasteiger partial charge in [0.05, 0.1) is 11.1 Å². The van der Waals surface area contributed by atoms with Gasteiger partial charge in [-0.15, -0.1) is 11.3 Å². The smallest absolute Gasteiger partial charge is 0.238 e. The van der Waals surface area contributed by atoms with Crippen LogP contribution in [0.3, 0.4) is 0 Å². The lowest BCUT2D eigenvalue weighted by atomic mass is 10.2. The molecule has 0 fully saturated rings. The molecule has 3 rings (SSSR count). The van der Waals surface area contributed by atoms with E-state index in [1.54, 1.807) is 24.3 Å². The molecule has 0 saturated carbocycles. The predicted octanol–water partition coefficient (Wildman–Crippen LogP) is 3.86. The maximum Gasteiger partial charge on any atom is 0.238 e. The van der Waals surface area contributed by atoms with Crippen molar-refractivity contribution in [1.82, 2.24) is 0 Å². The van der Waals surface area contributed by atoms with Crippen LogP contribution in [0.5, 0.6) is 0 Å². The third kappa shape index (κ3) is 1.76. The summed E-state index contributed by atoms with van der Waals surface area (Å²) < 4.78 is 18.8. The molecule has 2 nitrogen and oxygen atoms in total. The molecule has 0 atom stereocenters. The molecule has 0 radical (unpaired) electrons. The Morgan fingerprint density at radius 2 is 2.12 bits per heavy atom. The fraction of sp³-hybridized carbons (Fsp3) is 0. The highest BCUT2D eigenvalue weighted by molar-refractivity contribution is 7.21. The van der Waals surface area contributed by atoms with Gasteiger partial charge in [0, 0.05) is 4.70 Å². The molecule has 0 aliphatic carbocycles. The summed E-state index contributed by atoms with van der Waals surface area (Å²) in [6.45, 7) is 0. The Morgan fingerprint density at radius 1 is 1.24 bits per heavy atom. The topological polar surface area (TPSA) is 30.2 Å².